The summed E-state index contributed by atoms with van der Waals surface area (Å²) in [5, 5.41) is 7.38. The molecule has 1 aliphatic rings. The van der Waals surface area contributed by atoms with E-state index >= 15 is 0 Å². The Morgan fingerprint density at radius 1 is 1.18 bits per heavy atom. The molecule has 1 aliphatic carbocycles. The van der Waals surface area contributed by atoms with E-state index in [0.29, 0.717) is 32.1 Å². The number of thiocarbonyl (C=S) groups is 1. The van der Waals surface area contributed by atoms with Crippen LogP contribution < -0.4 is 10.0 Å². The number of benzene rings is 2. The molecule has 12 heteroatoms. The van der Waals surface area contributed by atoms with Gasteiger partial charge in [-0.15, -0.1) is 0 Å². The highest BCUT2D eigenvalue weighted by Gasteiger charge is 2.27. The lowest BCUT2D eigenvalue weighted by Crippen LogP contribution is -2.46. The summed E-state index contributed by atoms with van der Waals surface area (Å²) in [4.78, 5) is 0.443. The van der Waals surface area contributed by atoms with Gasteiger partial charge in [-0.2, -0.15) is 13.5 Å². The predicted octanol–water partition coefficient (Wildman–Crippen LogP) is 6.41. The highest BCUT2D eigenvalue weighted by atomic mass is 35.5. The number of hydrazine groups is 1. The molecular weight excluding hydrogens is 570 g/mol. The minimum atomic E-state index is -3.89. The second kappa shape index (κ2) is 12.3. The minimum absolute atomic E-state index is 0.123. The number of halogens is 3. The van der Waals surface area contributed by atoms with Gasteiger partial charge in [0.2, 0.25) is 0 Å². The molecule has 0 amide bonds. The van der Waals surface area contributed by atoms with E-state index in [2.05, 4.69) is 0 Å². The van der Waals surface area contributed by atoms with Crippen molar-refractivity contribution in [2.24, 2.45) is 5.84 Å². The molecule has 1 heterocycles. The average Bonchev–Trinajstić information content (AvgIpc) is 3.24. The molecule has 0 unspecified atom stereocenters. The van der Waals surface area contributed by atoms with Crippen LogP contribution in [0.3, 0.4) is 0 Å². The van der Waals surface area contributed by atoms with Crippen molar-refractivity contribution in [1.29, 1.82) is 0 Å². The van der Waals surface area contributed by atoms with Crippen molar-refractivity contribution in [3.8, 4) is 22.7 Å². The first-order valence-electron chi connectivity index (χ1n) is 12.3. The third kappa shape index (κ3) is 6.48. The SMILES string of the molecule is Cc1c(C(=S)N(N)C2CCCCC2)nn(-c2ccc(Cl)cc2Cl)c1-c1ccc(OS(=O)(=O)CCCF)cc1. The van der Waals surface area contributed by atoms with Gasteiger partial charge in [-0.3, -0.25) is 9.40 Å². The van der Waals surface area contributed by atoms with Gasteiger partial charge in [0.1, 0.15) is 16.4 Å². The second-order valence-electron chi connectivity index (χ2n) is 9.25. The highest BCUT2D eigenvalue weighted by molar-refractivity contribution is 7.87. The Hall–Kier alpha value is -2.24. The van der Waals surface area contributed by atoms with Crippen LogP contribution >= 0.6 is 35.4 Å². The summed E-state index contributed by atoms with van der Waals surface area (Å²) in [6, 6.07) is 11.8. The Labute approximate surface area is 237 Å². The highest BCUT2D eigenvalue weighted by Crippen LogP contribution is 2.34. The summed E-state index contributed by atoms with van der Waals surface area (Å²) in [6.07, 6.45) is 5.24. The summed E-state index contributed by atoms with van der Waals surface area (Å²) in [6.45, 7) is 1.17. The standard InChI is InChI=1S/C26H29Cl2FN4O3S2/c1-17-24(26(37)32(30)20-6-3-2-4-7-20)31-33(23-13-10-19(27)16-22(23)28)25(17)18-8-11-21(12-9-18)36-38(34,35)15-5-14-29/h8-13,16,20H,2-7,14-15,30H2,1H3. The van der Waals surface area contributed by atoms with Gasteiger partial charge in [0.15, 0.2) is 0 Å². The zero-order valence-corrected chi connectivity index (χ0v) is 24.0. The molecule has 1 aromatic heterocycles. The van der Waals surface area contributed by atoms with E-state index in [9.17, 15) is 12.8 Å². The zero-order valence-electron chi connectivity index (χ0n) is 20.9. The van der Waals surface area contributed by atoms with Crippen LogP contribution in [0.15, 0.2) is 42.5 Å². The van der Waals surface area contributed by atoms with Crippen LogP contribution in [0.1, 0.15) is 49.8 Å². The van der Waals surface area contributed by atoms with E-state index in [0.717, 1.165) is 36.8 Å². The average molecular weight is 600 g/mol. The van der Waals surface area contributed by atoms with Gasteiger partial charge in [-0.1, -0.05) is 54.7 Å². The largest absolute Gasteiger partial charge is 0.382 e. The monoisotopic (exact) mass is 598 g/mol. The maximum Gasteiger partial charge on any atom is 0.309 e. The van der Waals surface area contributed by atoms with Crippen molar-refractivity contribution in [1.82, 2.24) is 14.8 Å². The predicted molar refractivity (Wildman–Crippen MR) is 153 cm³/mol. The van der Waals surface area contributed by atoms with Crippen LogP contribution in [-0.2, 0) is 10.1 Å². The normalized spacial score (nSPS) is 14.4. The number of rotatable bonds is 9. The number of alkyl halides is 1. The Morgan fingerprint density at radius 2 is 1.87 bits per heavy atom. The fourth-order valence-electron chi connectivity index (χ4n) is 4.60. The molecule has 0 aliphatic heterocycles. The molecule has 4 rings (SSSR count). The topological polar surface area (TPSA) is 90.4 Å². The van der Waals surface area contributed by atoms with Gasteiger partial charge < -0.3 is 4.18 Å². The molecule has 0 radical (unpaired) electrons. The van der Waals surface area contributed by atoms with E-state index in [4.69, 9.17) is 50.5 Å². The molecule has 38 heavy (non-hydrogen) atoms. The summed E-state index contributed by atoms with van der Waals surface area (Å²) in [5.74, 6) is 6.22. The third-order valence-corrected chi connectivity index (χ3v) is 8.72. The quantitative estimate of drug-likeness (QED) is 0.132. The summed E-state index contributed by atoms with van der Waals surface area (Å²) in [7, 11) is -3.89. The Morgan fingerprint density at radius 3 is 2.50 bits per heavy atom. The van der Waals surface area contributed by atoms with Crippen molar-refractivity contribution in [3.05, 3.63) is 63.8 Å². The molecule has 1 saturated carbocycles. The van der Waals surface area contributed by atoms with Crippen LogP contribution in [0.25, 0.3) is 16.9 Å². The van der Waals surface area contributed by atoms with Gasteiger partial charge in [0.05, 0.1) is 28.8 Å². The van der Waals surface area contributed by atoms with E-state index < -0.39 is 22.5 Å². The number of aromatic nitrogens is 2. The first-order chi connectivity index (χ1) is 18.1. The van der Waals surface area contributed by atoms with E-state index in [1.807, 2.05) is 6.92 Å². The van der Waals surface area contributed by atoms with Crippen LogP contribution in [-0.4, -0.2) is 46.7 Å². The van der Waals surface area contributed by atoms with Crippen LogP contribution in [0.2, 0.25) is 10.0 Å². The van der Waals surface area contributed by atoms with Gasteiger partial charge >= 0.3 is 10.1 Å². The number of hydrogen-bond acceptors (Lipinski definition) is 6. The molecule has 0 saturated heterocycles. The molecule has 0 atom stereocenters. The van der Waals surface area contributed by atoms with E-state index in [1.54, 1.807) is 40.0 Å². The van der Waals surface area contributed by atoms with E-state index in [-0.39, 0.29) is 18.2 Å². The van der Waals surface area contributed by atoms with Crippen LogP contribution in [0.5, 0.6) is 5.75 Å². The molecule has 3 aromatic rings. The number of nitrogens with two attached hydrogens (primary N) is 1. The van der Waals surface area contributed by atoms with Crippen molar-refractivity contribution in [3.63, 3.8) is 0 Å². The Balaban J connectivity index is 1.74. The second-order valence-corrected chi connectivity index (χ2v) is 12.2. The maximum atomic E-state index is 12.4. The fourth-order valence-corrected chi connectivity index (χ4v) is 6.38. The Bertz CT molecular complexity index is 1410. The molecule has 0 spiro atoms. The molecule has 2 N–H and O–H groups in total. The van der Waals surface area contributed by atoms with Gasteiger partial charge in [-0.25, -0.2) is 10.5 Å². The van der Waals surface area contributed by atoms with Crippen LogP contribution in [0.4, 0.5) is 4.39 Å². The van der Waals surface area contributed by atoms with Gasteiger partial charge in [-0.05, 0) is 68.7 Å². The first-order valence-corrected chi connectivity index (χ1v) is 15.1. The molecule has 1 fully saturated rings. The van der Waals surface area contributed by atoms with Crippen molar-refractivity contribution in [2.45, 2.75) is 51.5 Å². The van der Waals surface area contributed by atoms with Crippen LogP contribution in [0, 0.1) is 6.92 Å². The van der Waals surface area contributed by atoms with Gasteiger partial charge in [0, 0.05) is 22.2 Å². The summed E-state index contributed by atoms with van der Waals surface area (Å²) in [5.41, 5.74) is 3.37. The fraction of sp³-hybridized carbons (Fsp3) is 0.385. The van der Waals surface area contributed by atoms with Gasteiger partial charge in [0.25, 0.3) is 0 Å². The Kier molecular flexibility index (Phi) is 9.31. The molecule has 2 aromatic carbocycles. The maximum absolute atomic E-state index is 12.4. The smallest absolute Gasteiger partial charge is 0.309 e. The van der Waals surface area contributed by atoms with Crippen molar-refractivity contribution >= 4 is 50.5 Å². The van der Waals surface area contributed by atoms with Crippen molar-refractivity contribution in [2.75, 3.05) is 12.4 Å². The molecule has 0 bridgehead atoms. The number of hydrogen-bond donors (Lipinski definition) is 1. The summed E-state index contributed by atoms with van der Waals surface area (Å²) < 4.78 is 43.4. The summed E-state index contributed by atoms with van der Waals surface area (Å²) >= 11 is 18.5. The lowest BCUT2D eigenvalue weighted by atomic mass is 9.95. The molecular formula is C26H29Cl2FN4O3S2. The lowest BCUT2D eigenvalue weighted by Gasteiger charge is -2.31. The zero-order chi connectivity index (χ0) is 27.4. The van der Waals surface area contributed by atoms with Crippen molar-refractivity contribution < 1.29 is 17.0 Å². The first kappa shape index (κ1) is 28.8. The number of nitrogens with zero attached hydrogens (tertiary/aromatic N) is 3. The van der Waals surface area contributed by atoms with E-state index in [1.165, 1.54) is 18.6 Å². The minimum Gasteiger partial charge on any atom is -0.382 e. The third-order valence-electron chi connectivity index (χ3n) is 6.54. The molecule has 204 valence electrons. The lowest BCUT2D eigenvalue weighted by molar-refractivity contribution is 0.252. The molecule has 7 nitrogen and oxygen atoms in total.